The normalized spacial score (nSPS) is 10.8. The monoisotopic (exact) mass is 283 g/mol. The van der Waals surface area contributed by atoms with E-state index in [9.17, 15) is 0 Å². The number of H-pyrrole nitrogens is 1. The van der Waals surface area contributed by atoms with Crippen LogP contribution in [0, 0.1) is 0 Å². The Morgan fingerprint density at radius 2 is 2.17 bits per heavy atom. The fourth-order valence-corrected chi connectivity index (χ4v) is 2.19. The van der Waals surface area contributed by atoms with Gasteiger partial charge in [0.15, 0.2) is 0 Å². The van der Waals surface area contributed by atoms with E-state index in [1.807, 2.05) is 12.1 Å². The molecule has 0 amide bonds. The van der Waals surface area contributed by atoms with Gasteiger partial charge in [0.25, 0.3) is 0 Å². The van der Waals surface area contributed by atoms with E-state index in [4.69, 9.17) is 23.2 Å². The first-order valence-corrected chi connectivity index (χ1v) is 6.66. The molecule has 3 nitrogen and oxygen atoms in total. The molecule has 0 saturated heterocycles. The number of halogens is 2. The van der Waals surface area contributed by atoms with Gasteiger partial charge in [-0.1, -0.05) is 30.1 Å². The maximum atomic E-state index is 6.15. The van der Waals surface area contributed by atoms with E-state index in [1.54, 1.807) is 12.3 Å². The lowest BCUT2D eigenvalue weighted by Crippen LogP contribution is -2.14. The number of imidazole rings is 1. The van der Waals surface area contributed by atoms with Crippen molar-refractivity contribution in [2.75, 3.05) is 6.54 Å². The van der Waals surface area contributed by atoms with Gasteiger partial charge in [-0.2, -0.15) is 0 Å². The topological polar surface area (TPSA) is 40.7 Å². The second kappa shape index (κ2) is 6.23. The Bertz CT molecular complexity index is 523. The molecule has 0 atom stereocenters. The summed E-state index contributed by atoms with van der Waals surface area (Å²) in [7, 11) is 0. The van der Waals surface area contributed by atoms with E-state index in [1.165, 1.54) is 0 Å². The number of benzene rings is 1. The average Bonchev–Trinajstić information content (AvgIpc) is 2.78. The summed E-state index contributed by atoms with van der Waals surface area (Å²) in [5, 5.41) is 4.55. The summed E-state index contributed by atoms with van der Waals surface area (Å²) in [6, 6.07) is 5.44. The standard InChI is InChI=1S/C13H15Cl2N3/c1-2-5-16-8-13-17-7-12(18-13)10-4-3-9(14)6-11(10)15/h3-4,6-7,16H,2,5,8H2,1H3,(H,17,18). The van der Waals surface area contributed by atoms with Crippen LogP contribution in [0.1, 0.15) is 19.2 Å². The van der Waals surface area contributed by atoms with Crippen molar-refractivity contribution < 1.29 is 0 Å². The largest absolute Gasteiger partial charge is 0.341 e. The van der Waals surface area contributed by atoms with Crippen molar-refractivity contribution >= 4 is 23.2 Å². The molecule has 1 aromatic heterocycles. The predicted octanol–water partition coefficient (Wildman–Crippen LogP) is 3.88. The average molecular weight is 284 g/mol. The van der Waals surface area contributed by atoms with Gasteiger partial charge in [-0.05, 0) is 31.2 Å². The van der Waals surface area contributed by atoms with Crippen LogP contribution in [0.2, 0.25) is 10.0 Å². The molecule has 0 aliphatic rings. The Labute approximate surface area is 117 Å². The minimum absolute atomic E-state index is 0.624. The molecule has 0 aliphatic carbocycles. The van der Waals surface area contributed by atoms with Gasteiger partial charge < -0.3 is 10.3 Å². The first-order valence-electron chi connectivity index (χ1n) is 5.90. The van der Waals surface area contributed by atoms with Crippen molar-refractivity contribution in [3.05, 3.63) is 40.3 Å². The van der Waals surface area contributed by atoms with E-state index in [0.717, 1.165) is 36.6 Å². The zero-order chi connectivity index (χ0) is 13.0. The lowest BCUT2D eigenvalue weighted by atomic mass is 10.2. The second-order valence-corrected chi connectivity index (χ2v) is 4.89. The number of rotatable bonds is 5. The summed E-state index contributed by atoms with van der Waals surface area (Å²) in [5.41, 5.74) is 1.82. The molecule has 5 heteroatoms. The molecule has 0 saturated carbocycles. The molecule has 2 rings (SSSR count). The second-order valence-electron chi connectivity index (χ2n) is 4.04. The molecule has 0 unspecified atom stereocenters. The molecule has 0 spiro atoms. The number of aromatic amines is 1. The van der Waals surface area contributed by atoms with E-state index in [-0.39, 0.29) is 0 Å². The highest BCUT2D eigenvalue weighted by Gasteiger charge is 2.07. The molecule has 0 bridgehead atoms. The summed E-state index contributed by atoms with van der Waals surface area (Å²) in [6.45, 7) is 3.85. The maximum Gasteiger partial charge on any atom is 0.120 e. The quantitative estimate of drug-likeness (QED) is 0.818. The molecular weight excluding hydrogens is 269 g/mol. The van der Waals surface area contributed by atoms with Gasteiger partial charge in [0.2, 0.25) is 0 Å². The smallest absolute Gasteiger partial charge is 0.120 e. The van der Waals surface area contributed by atoms with Gasteiger partial charge in [-0.15, -0.1) is 0 Å². The van der Waals surface area contributed by atoms with Crippen molar-refractivity contribution in [1.82, 2.24) is 15.3 Å². The first-order chi connectivity index (χ1) is 8.70. The molecule has 96 valence electrons. The van der Waals surface area contributed by atoms with Crippen LogP contribution in [0.5, 0.6) is 0 Å². The molecule has 18 heavy (non-hydrogen) atoms. The number of nitrogens with zero attached hydrogens (tertiary/aromatic N) is 1. The highest BCUT2D eigenvalue weighted by Crippen LogP contribution is 2.28. The lowest BCUT2D eigenvalue weighted by Gasteiger charge is -2.02. The number of hydrogen-bond donors (Lipinski definition) is 2. The van der Waals surface area contributed by atoms with Crippen LogP contribution in [0.15, 0.2) is 24.4 Å². The lowest BCUT2D eigenvalue weighted by molar-refractivity contribution is 0.655. The Morgan fingerprint density at radius 1 is 1.33 bits per heavy atom. The fourth-order valence-electron chi connectivity index (χ4n) is 1.68. The van der Waals surface area contributed by atoms with Gasteiger partial charge >= 0.3 is 0 Å². The van der Waals surface area contributed by atoms with E-state index >= 15 is 0 Å². The molecule has 0 aliphatic heterocycles. The van der Waals surface area contributed by atoms with E-state index in [2.05, 4.69) is 22.2 Å². The van der Waals surface area contributed by atoms with Crippen molar-refractivity contribution in [3.8, 4) is 11.3 Å². The van der Waals surface area contributed by atoms with Crippen LogP contribution in [-0.2, 0) is 6.54 Å². The molecule has 1 aromatic carbocycles. The molecule has 2 aromatic rings. The third kappa shape index (κ3) is 3.25. The van der Waals surface area contributed by atoms with Crippen molar-refractivity contribution in [1.29, 1.82) is 0 Å². The summed E-state index contributed by atoms with van der Waals surface area (Å²) >= 11 is 12.0. The van der Waals surface area contributed by atoms with Crippen LogP contribution in [0.4, 0.5) is 0 Å². The Morgan fingerprint density at radius 3 is 2.89 bits per heavy atom. The van der Waals surface area contributed by atoms with Crippen LogP contribution < -0.4 is 5.32 Å². The number of aromatic nitrogens is 2. The highest BCUT2D eigenvalue weighted by atomic mass is 35.5. The van der Waals surface area contributed by atoms with Gasteiger partial charge in [0.1, 0.15) is 5.82 Å². The zero-order valence-corrected chi connectivity index (χ0v) is 11.6. The van der Waals surface area contributed by atoms with Gasteiger partial charge in [0.05, 0.1) is 23.5 Å². The third-order valence-electron chi connectivity index (χ3n) is 2.57. The molecule has 1 heterocycles. The van der Waals surface area contributed by atoms with Crippen LogP contribution in [0.3, 0.4) is 0 Å². The molecule has 0 fully saturated rings. The zero-order valence-electron chi connectivity index (χ0n) is 10.1. The maximum absolute atomic E-state index is 6.15. The Hall–Kier alpha value is -1.03. The fraction of sp³-hybridized carbons (Fsp3) is 0.308. The van der Waals surface area contributed by atoms with Gasteiger partial charge in [-0.3, -0.25) is 0 Å². The summed E-state index contributed by atoms with van der Waals surface area (Å²) in [6.07, 6.45) is 2.90. The number of nitrogens with one attached hydrogen (secondary N) is 2. The van der Waals surface area contributed by atoms with Crippen LogP contribution in [-0.4, -0.2) is 16.5 Å². The Kier molecular flexibility index (Phi) is 4.64. The van der Waals surface area contributed by atoms with Gasteiger partial charge in [-0.25, -0.2) is 4.98 Å². The minimum Gasteiger partial charge on any atom is -0.341 e. The van der Waals surface area contributed by atoms with Crippen molar-refractivity contribution in [3.63, 3.8) is 0 Å². The van der Waals surface area contributed by atoms with Crippen molar-refractivity contribution in [2.24, 2.45) is 0 Å². The molecule has 0 radical (unpaired) electrons. The number of hydrogen-bond acceptors (Lipinski definition) is 2. The SMILES string of the molecule is CCCNCc1ncc(-c2ccc(Cl)cc2Cl)[nH]1. The van der Waals surface area contributed by atoms with E-state index < -0.39 is 0 Å². The molecule has 2 N–H and O–H groups in total. The van der Waals surface area contributed by atoms with Gasteiger partial charge in [0, 0.05) is 10.6 Å². The summed E-state index contributed by atoms with van der Waals surface area (Å²) < 4.78 is 0. The van der Waals surface area contributed by atoms with Crippen LogP contribution >= 0.6 is 23.2 Å². The first kappa shape index (κ1) is 13.4. The highest BCUT2D eigenvalue weighted by molar-refractivity contribution is 6.36. The van der Waals surface area contributed by atoms with Crippen LogP contribution in [0.25, 0.3) is 11.3 Å². The molecular formula is C13H15Cl2N3. The summed E-state index contributed by atoms with van der Waals surface area (Å²) in [5.74, 6) is 0.907. The Balaban J connectivity index is 2.13. The summed E-state index contributed by atoms with van der Waals surface area (Å²) in [4.78, 5) is 7.57. The van der Waals surface area contributed by atoms with Crippen molar-refractivity contribution in [2.45, 2.75) is 19.9 Å². The van der Waals surface area contributed by atoms with E-state index in [0.29, 0.717) is 10.0 Å². The minimum atomic E-state index is 0.624. The predicted molar refractivity (Wildman–Crippen MR) is 76.0 cm³/mol. The third-order valence-corrected chi connectivity index (χ3v) is 3.12.